The Balaban J connectivity index is 1.82. The molecule has 0 spiro atoms. The van der Waals surface area contributed by atoms with Gasteiger partial charge in [-0.1, -0.05) is 18.7 Å². The number of hydrogen-bond donors (Lipinski definition) is 1. The molecule has 2 rings (SSSR count). The summed E-state index contributed by atoms with van der Waals surface area (Å²) >= 11 is 0. The van der Waals surface area contributed by atoms with Gasteiger partial charge in [-0.05, 0) is 25.2 Å². The van der Waals surface area contributed by atoms with Gasteiger partial charge < -0.3 is 10.1 Å². The van der Waals surface area contributed by atoms with Crippen LogP contribution in [0.5, 0.6) is 0 Å². The largest absolute Gasteiger partial charge is 0.441 e. The molecule has 0 aliphatic heterocycles. The predicted molar refractivity (Wildman–Crippen MR) is 58.2 cm³/mol. The predicted octanol–water partition coefficient (Wildman–Crippen LogP) is 1.15. The lowest BCUT2D eigenvalue weighted by Crippen LogP contribution is -2.38. The fourth-order valence-electron chi connectivity index (χ4n) is 2.44. The number of carbonyl (C=O) groups excluding carboxylic acids is 2. The first kappa shape index (κ1) is 10.9. The smallest absolute Gasteiger partial charge is 0.331 e. The van der Waals surface area contributed by atoms with Crippen molar-refractivity contribution in [1.82, 2.24) is 5.32 Å². The Hall–Kier alpha value is -1.58. The highest BCUT2D eigenvalue weighted by Gasteiger charge is 2.46. The molecule has 0 saturated heterocycles. The van der Waals surface area contributed by atoms with Crippen molar-refractivity contribution in [2.24, 2.45) is 11.3 Å². The molecule has 16 heavy (non-hydrogen) atoms. The molecule has 2 bridgehead atoms. The van der Waals surface area contributed by atoms with Crippen LogP contribution in [-0.2, 0) is 14.3 Å². The lowest BCUT2D eigenvalue weighted by Gasteiger charge is -2.21. The molecule has 86 valence electrons. The number of amides is 1. The van der Waals surface area contributed by atoms with Gasteiger partial charge in [0.1, 0.15) is 0 Å². The van der Waals surface area contributed by atoms with E-state index in [1.165, 1.54) is 0 Å². The van der Waals surface area contributed by atoms with Crippen molar-refractivity contribution >= 4 is 11.9 Å². The normalized spacial score (nSPS) is 30.1. The number of carbonyl (C=O) groups is 2. The second-order valence-electron chi connectivity index (χ2n) is 4.34. The zero-order valence-corrected chi connectivity index (χ0v) is 9.07. The average molecular weight is 221 g/mol. The Morgan fingerprint density at radius 2 is 2.44 bits per heavy atom. The maximum atomic E-state index is 11.9. The van der Waals surface area contributed by atoms with E-state index < -0.39 is 5.97 Å². The molecule has 2 aliphatic carbocycles. The first-order valence-electron chi connectivity index (χ1n) is 5.43. The van der Waals surface area contributed by atoms with Gasteiger partial charge in [0.15, 0.2) is 6.73 Å². The molecule has 1 fully saturated rings. The van der Waals surface area contributed by atoms with Gasteiger partial charge in [0.2, 0.25) is 5.91 Å². The first-order chi connectivity index (χ1) is 7.66. The number of ether oxygens (including phenoxy) is 1. The van der Waals surface area contributed by atoms with Crippen molar-refractivity contribution in [2.75, 3.05) is 6.73 Å². The average Bonchev–Trinajstić information content (AvgIpc) is 2.89. The molecule has 4 nitrogen and oxygen atoms in total. The van der Waals surface area contributed by atoms with Gasteiger partial charge in [-0.2, -0.15) is 0 Å². The van der Waals surface area contributed by atoms with Crippen LogP contribution < -0.4 is 5.32 Å². The maximum absolute atomic E-state index is 11.9. The van der Waals surface area contributed by atoms with Gasteiger partial charge in [0.25, 0.3) is 0 Å². The fourth-order valence-corrected chi connectivity index (χ4v) is 2.44. The molecule has 4 heteroatoms. The minimum atomic E-state index is -0.524. The molecule has 2 atom stereocenters. The molecule has 2 unspecified atom stereocenters. The SMILES string of the molecule is C=CC(=O)OCNC(=O)C12C=CC(CC1)C2. The third-order valence-corrected chi connectivity index (χ3v) is 3.34. The summed E-state index contributed by atoms with van der Waals surface area (Å²) in [6.07, 6.45) is 8.05. The topological polar surface area (TPSA) is 55.4 Å². The van der Waals surface area contributed by atoms with Crippen LogP contribution in [0.15, 0.2) is 24.8 Å². The first-order valence-corrected chi connectivity index (χ1v) is 5.43. The molecular formula is C12H15NO3. The van der Waals surface area contributed by atoms with Crippen molar-refractivity contribution < 1.29 is 14.3 Å². The Bertz CT molecular complexity index is 361. The number of nitrogens with one attached hydrogen (secondary N) is 1. The second kappa shape index (κ2) is 4.12. The Morgan fingerprint density at radius 3 is 2.94 bits per heavy atom. The van der Waals surface area contributed by atoms with Crippen molar-refractivity contribution in [3.8, 4) is 0 Å². The summed E-state index contributed by atoms with van der Waals surface area (Å²) in [5.74, 6) is -0.00819. The van der Waals surface area contributed by atoms with Gasteiger partial charge in [0.05, 0.1) is 5.41 Å². The van der Waals surface area contributed by atoms with Crippen LogP contribution in [0.2, 0.25) is 0 Å². The Labute approximate surface area is 94.3 Å². The molecule has 0 radical (unpaired) electrons. The van der Waals surface area contributed by atoms with Gasteiger partial charge in [0, 0.05) is 6.08 Å². The van der Waals surface area contributed by atoms with Gasteiger partial charge in [-0.25, -0.2) is 4.79 Å². The van der Waals surface area contributed by atoms with Gasteiger partial charge in [-0.15, -0.1) is 0 Å². The van der Waals surface area contributed by atoms with Crippen molar-refractivity contribution in [1.29, 1.82) is 0 Å². The quantitative estimate of drug-likeness (QED) is 0.335. The van der Waals surface area contributed by atoms with Crippen LogP contribution in [0.3, 0.4) is 0 Å². The molecule has 1 N–H and O–H groups in total. The van der Waals surface area contributed by atoms with E-state index in [-0.39, 0.29) is 18.1 Å². The third kappa shape index (κ3) is 1.87. The van der Waals surface area contributed by atoms with E-state index in [0.29, 0.717) is 5.92 Å². The highest BCUT2D eigenvalue weighted by atomic mass is 16.5. The monoisotopic (exact) mass is 221 g/mol. The number of rotatable bonds is 4. The van der Waals surface area contributed by atoms with Crippen LogP contribution in [0, 0.1) is 11.3 Å². The zero-order chi connectivity index (χ0) is 11.6. The summed E-state index contributed by atoms with van der Waals surface area (Å²) in [5.41, 5.74) is -0.342. The van der Waals surface area contributed by atoms with Crippen molar-refractivity contribution in [3.05, 3.63) is 24.8 Å². The van der Waals surface area contributed by atoms with E-state index in [1.54, 1.807) is 0 Å². The highest BCUT2D eigenvalue weighted by molar-refractivity contribution is 5.86. The summed E-state index contributed by atoms with van der Waals surface area (Å²) < 4.78 is 4.71. The molecule has 0 heterocycles. The van der Waals surface area contributed by atoms with Crippen LogP contribution in [0.1, 0.15) is 19.3 Å². The van der Waals surface area contributed by atoms with E-state index in [1.807, 2.05) is 6.08 Å². The summed E-state index contributed by atoms with van der Waals surface area (Å²) in [7, 11) is 0. The van der Waals surface area contributed by atoms with Gasteiger partial charge >= 0.3 is 5.97 Å². The summed E-state index contributed by atoms with van der Waals surface area (Å²) in [6, 6.07) is 0. The standard InChI is InChI=1S/C12H15NO3/c1-2-10(14)16-8-13-11(15)12-5-3-9(7-12)4-6-12/h2-3,5,9H,1,4,6-8H2,(H,13,15). The minimum absolute atomic E-state index is 0.0411. The van der Waals surface area contributed by atoms with E-state index >= 15 is 0 Å². The van der Waals surface area contributed by atoms with Gasteiger partial charge in [-0.3, -0.25) is 4.79 Å². The van der Waals surface area contributed by atoms with E-state index in [9.17, 15) is 9.59 Å². The van der Waals surface area contributed by atoms with Crippen molar-refractivity contribution in [3.63, 3.8) is 0 Å². The Morgan fingerprint density at radius 1 is 1.62 bits per heavy atom. The van der Waals surface area contributed by atoms with E-state index in [2.05, 4.69) is 18.0 Å². The number of allylic oxidation sites excluding steroid dienone is 1. The molecule has 1 amide bonds. The second-order valence-corrected chi connectivity index (χ2v) is 4.34. The third-order valence-electron chi connectivity index (χ3n) is 3.34. The maximum Gasteiger partial charge on any atom is 0.331 e. The summed E-state index contributed by atoms with van der Waals surface area (Å²) in [5, 5.41) is 2.63. The van der Waals surface area contributed by atoms with E-state index in [4.69, 9.17) is 4.74 Å². The van der Waals surface area contributed by atoms with Crippen LogP contribution >= 0.6 is 0 Å². The zero-order valence-electron chi connectivity index (χ0n) is 9.07. The lowest BCUT2D eigenvalue weighted by molar-refractivity contribution is -0.141. The highest BCUT2D eigenvalue weighted by Crippen LogP contribution is 2.49. The minimum Gasteiger partial charge on any atom is -0.441 e. The molecule has 2 aliphatic rings. The molecule has 0 aromatic rings. The number of fused-ring (bicyclic) bond motifs is 2. The van der Waals surface area contributed by atoms with Crippen molar-refractivity contribution in [2.45, 2.75) is 19.3 Å². The number of esters is 1. The molecule has 1 saturated carbocycles. The molecule has 0 aromatic heterocycles. The number of hydrogen-bond acceptors (Lipinski definition) is 3. The van der Waals surface area contributed by atoms with E-state index in [0.717, 1.165) is 25.3 Å². The molecule has 0 aromatic carbocycles. The lowest BCUT2D eigenvalue weighted by atomic mass is 9.87. The van der Waals surface area contributed by atoms with Crippen LogP contribution in [0.4, 0.5) is 0 Å². The Kier molecular flexibility index (Phi) is 2.81. The van der Waals surface area contributed by atoms with Crippen LogP contribution in [-0.4, -0.2) is 18.6 Å². The summed E-state index contributed by atoms with van der Waals surface area (Å²) in [4.78, 5) is 22.7. The summed E-state index contributed by atoms with van der Waals surface area (Å²) in [6.45, 7) is 3.19. The van der Waals surface area contributed by atoms with Crippen LogP contribution in [0.25, 0.3) is 0 Å². The molecular weight excluding hydrogens is 206 g/mol. The fraction of sp³-hybridized carbons (Fsp3) is 0.500.